The van der Waals surface area contributed by atoms with Crippen LogP contribution >= 0.6 is 0 Å². The first-order valence-corrected chi connectivity index (χ1v) is 10.8. The summed E-state index contributed by atoms with van der Waals surface area (Å²) in [5.74, 6) is 0.651. The third-order valence-corrected chi connectivity index (χ3v) is 6.34. The molecule has 1 aromatic rings. The van der Waals surface area contributed by atoms with Gasteiger partial charge in [0, 0.05) is 19.0 Å². The van der Waals surface area contributed by atoms with Gasteiger partial charge in [-0.2, -0.15) is 0 Å². The van der Waals surface area contributed by atoms with Gasteiger partial charge in [-0.1, -0.05) is 70.0 Å². The summed E-state index contributed by atoms with van der Waals surface area (Å²) in [7, 11) is 0. The number of amides is 2. The van der Waals surface area contributed by atoms with Crippen LogP contribution in [0.1, 0.15) is 58.4 Å². The summed E-state index contributed by atoms with van der Waals surface area (Å²) >= 11 is 0. The molecule has 4 nitrogen and oxygen atoms in total. The maximum absolute atomic E-state index is 13.2. The van der Waals surface area contributed by atoms with Crippen LogP contribution in [0, 0.1) is 17.8 Å². The van der Waals surface area contributed by atoms with Gasteiger partial charge < -0.3 is 10.2 Å². The Morgan fingerprint density at radius 1 is 1.11 bits per heavy atom. The first-order chi connectivity index (χ1) is 13.5. The van der Waals surface area contributed by atoms with E-state index in [9.17, 15) is 9.59 Å². The second-order valence-electron chi connectivity index (χ2n) is 8.73. The largest absolute Gasteiger partial charge is 0.344 e. The van der Waals surface area contributed by atoms with Crippen molar-refractivity contribution < 1.29 is 9.59 Å². The monoisotopic (exact) mass is 382 g/mol. The zero-order valence-electron chi connectivity index (χ0n) is 17.5. The normalized spacial score (nSPS) is 23.9. The number of benzene rings is 1. The average molecular weight is 383 g/mol. The number of nitrogens with zero attached hydrogens (tertiary/aromatic N) is 1. The van der Waals surface area contributed by atoms with E-state index in [0.717, 1.165) is 25.7 Å². The van der Waals surface area contributed by atoms with Gasteiger partial charge in [-0.3, -0.25) is 9.59 Å². The fourth-order valence-corrected chi connectivity index (χ4v) is 4.46. The average Bonchev–Trinajstić information content (AvgIpc) is 2.72. The highest BCUT2D eigenvalue weighted by Gasteiger charge is 2.34. The van der Waals surface area contributed by atoms with Crippen molar-refractivity contribution in [3.63, 3.8) is 0 Å². The van der Waals surface area contributed by atoms with Crippen molar-refractivity contribution in [3.8, 4) is 0 Å². The summed E-state index contributed by atoms with van der Waals surface area (Å²) in [5, 5.41) is 3.11. The molecule has 1 aliphatic heterocycles. The number of carbonyl (C=O) groups is 2. The Kier molecular flexibility index (Phi) is 6.93. The highest BCUT2D eigenvalue weighted by atomic mass is 16.2. The topological polar surface area (TPSA) is 49.4 Å². The van der Waals surface area contributed by atoms with Crippen LogP contribution in [0.15, 0.2) is 36.4 Å². The smallest absolute Gasteiger partial charge is 0.245 e. The Morgan fingerprint density at radius 2 is 1.82 bits per heavy atom. The molecule has 0 saturated heterocycles. The summed E-state index contributed by atoms with van der Waals surface area (Å²) in [5.41, 5.74) is 2.53. The zero-order chi connectivity index (χ0) is 20.1. The Morgan fingerprint density at radius 3 is 2.43 bits per heavy atom. The van der Waals surface area contributed by atoms with Gasteiger partial charge in [0.15, 0.2) is 0 Å². The van der Waals surface area contributed by atoms with E-state index in [4.69, 9.17) is 0 Å². The second-order valence-corrected chi connectivity index (χ2v) is 8.73. The molecule has 0 radical (unpaired) electrons. The molecule has 0 unspecified atom stereocenters. The molecule has 1 saturated carbocycles. The minimum absolute atomic E-state index is 0.0498. The summed E-state index contributed by atoms with van der Waals surface area (Å²) in [6, 6.07) is 9.91. The molecule has 152 valence electrons. The van der Waals surface area contributed by atoms with Gasteiger partial charge in [0.2, 0.25) is 11.8 Å². The lowest BCUT2D eigenvalue weighted by molar-refractivity contribution is -0.139. The van der Waals surface area contributed by atoms with Gasteiger partial charge in [-0.25, -0.2) is 0 Å². The van der Waals surface area contributed by atoms with E-state index in [1.54, 1.807) is 0 Å². The van der Waals surface area contributed by atoms with Gasteiger partial charge in [0.1, 0.15) is 6.04 Å². The van der Waals surface area contributed by atoms with E-state index < -0.39 is 6.04 Å². The highest BCUT2D eigenvalue weighted by Crippen LogP contribution is 2.30. The molecule has 2 amide bonds. The van der Waals surface area contributed by atoms with Crippen molar-refractivity contribution >= 4 is 17.4 Å². The number of hydrogen-bond donors (Lipinski definition) is 1. The van der Waals surface area contributed by atoms with E-state index in [1.165, 1.54) is 17.6 Å². The molecule has 1 N–H and O–H groups in total. The van der Waals surface area contributed by atoms with Crippen LogP contribution in [0.5, 0.6) is 0 Å². The van der Waals surface area contributed by atoms with Crippen LogP contribution in [0.2, 0.25) is 0 Å². The van der Waals surface area contributed by atoms with Crippen LogP contribution in [-0.2, 0) is 9.59 Å². The lowest BCUT2D eigenvalue weighted by atomic mass is 9.79. The Hall–Kier alpha value is -2.10. The standard InChI is InChI=1S/C24H34N2O2/c1-17(2)22(25-23(27)21-12-8-7-9-18(21)3)24(28)26-15-13-20(14-16-26)19-10-5-4-6-11-19/h4-6,10-11,13,17-18,21-22H,7-9,12,14-16H2,1-3H3,(H,25,27)/t18-,21-,22-/m0/s1. The fourth-order valence-electron chi connectivity index (χ4n) is 4.46. The van der Waals surface area contributed by atoms with Crippen molar-refractivity contribution in [2.45, 2.75) is 58.9 Å². The Labute approximate surface area is 169 Å². The van der Waals surface area contributed by atoms with Gasteiger partial charge in [0.25, 0.3) is 0 Å². The molecule has 1 fully saturated rings. The maximum Gasteiger partial charge on any atom is 0.245 e. The van der Waals surface area contributed by atoms with Crippen LogP contribution in [-0.4, -0.2) is 35.8 Å². The van der Waals surface area contributed by atoms with Crippen molar-refractivity contribution in [1.29, 1.82) is 0 Å². The first kappa shape index (κ1) is 20.6. The van der Waals surface area contributed by atoms with Gasteiger partial charge in [-0.05, 0) is 42.2 Å². The molecular formula is C24H34N2O2. The highest BCUT2D eigenvalue weighted by molar-refractivity contribution is 5.89. The second kappa shape index (κ2) is 9.40. The SMILES string of the molecule is CC(C)[C@H](NC(=O)[C@H]1CCCC[C@@H]1C)C(=O)N1CC=C(c2ccccc2)CC1. The van der Waals surface area contributed by atoms with Crippen LogP contribution in [0.4, 0.5) is 0 Å². The Balaban J connectivity index is 1.63. The molecule has 3 rings (SSSR count). The Bertz CT molecular complexity index is 711. The van der Waals surface area contributed by atoms with Crippen molar-refractivity contribution in [2.24, 2.45) is 17.8 Å². The molecule has 0 spiro atoms. The number of nitrogens with one attached hydrogen (secondary N) is 1. The minimum Gasteiger partial charge on any atom is -0.344 e. The van der Waals surface area contributed by atoms with Crippen LogP contribution in [0.25, 0.3) is 5.57 Å². The predicted molar refractivity (Wildman–Crippen MR) is 114 cm³/mol. The third-order valence-electron chi connectivity index (χ3n) is 6.34. The summed E-state index contributed by atoms with van der Waals surface area (Å²) in [6.45, 7) is 7.52. The lowest BCUT2D eigenvalue weighted by Crippen LogP contribution is -2.53. The van der Waals surface area contributed by atoms with E-state index in [1.807, 2.05) is 36.9 Å². The summed E-state index contributed by atoms with van der Waals surface area (Å²) in [4.78, 5) is 27.9. The molecular weight excluding hydrogens is 348 g/mol. The predicted octanol–water partition coefficient (Wildman–Crippen LogP) is 4.27. The summed E-state index contributed by atoms with van der Waals surface area (Å²) in [6.07, 6.45) is 7.38. The van der Waals surface area contributed by atoms with E-state index in [-0.39, 0.29) is 23.7 Å². The zero-order valence-corrected chi connectivity index (χ0v) is 17.5. The van der Waals surface area contributed by atoms with Crippen molar-refractivity contribution in [3.05, 3.63) is 42.0 Å². The summed E-state index contributed by atoms with van der Waals surface area (Å²) < 4.78 is 0. The molecule has 3 atom stereocenters. The van der Waals surface area contributed by atoms with Crippen molar-refractivity contribution in [2.75, 3.05) is 13.1 Å². The molecule has 2 aliphatic rings. The van der Waals surface area contributed by atoms with Gasteiger partial charge in [0.05, 0.1) is 0 Å². The quantitative estimate of drug-likeness (QED) is 0.827. The number of hydrogen-bond acceptors (Lipinski definition) is 2. The number of carbonyl (C=O) groups excluding carboxylic acids is 2. The van der Waals surface area contributed by atoms with Crippen LogP contribution in [0.3, 0.4) is 0 Å². The van der Waals surface area contributed by atoms with E-state index >= 15 is 0 Å². The molecule has 1 heterocycles. The number of rotatable bonds is 5. The molecule has 0 aromatic heterocycles. The molecule has 1 aliphatic carbocycles. The molecule has 1 aromatic carbocycles. The van der Waals surface area contributed by atoms with E-state index in [0.29, 0.717) is 19.0 Å². The molecule has 28 heavy (non-hydrogen) atoms. The third kappa shape index (κ3) is 4.84. The molecule has 0 bridgehead atoms. The van der Waals surface area contributed by atoms with Gasteiger partial charge >= 0.3 is 0 Å². The minimum atomic E-state index is -0.437. The first-order valence-electron chi connectivity index (χ1n) is 10.8. The fraction of sp³-hybridized carbons (Fsp3) is 0.583. The maximum atomic E-state index is 13.2. The molecule has 4 heteroatoms. The van der Waals surface area contributed by atoms with Crippen LogP contribution < -0.4 is 5.32 Å². The van der Waals surface area contributed by atoms with Gasteiger partial charge in [-0.15, -0.1) is 0 Å². The lowest BCUT2D eigenvalue weighted by Gasteiger charge is -2.34. The van der Waals surface area contributed by atoms with Crippen molar-refractivity contribution in [1.82, 2.24) is 10.2 Å². The van der Waals surface area contributed by atoms with E-state index in [2.05, 4.69) is 30.4 Å².